The molecule has 1 unspecified atom stereocenters. The summed E-state index contributed by atoms with van der Waals surface area (Å²) in [4.78, 5) is 12.1. The summed E-state index contributed by atoms with van der Waals surface area (Å²) in [5.41, 5.74) is 0.675. The first-order chi connectivity index (χ1) is 7.99. The SMILES string of the molecule is CCC(CO)NC(=O)c1cc(I)cc(I)c1I. The average Bonchev–Trinajstić information content (AvgIpc) is 2.30. The highest BCUT2D eigenvalue weighted by molar-refractivity contribution is 14.1. The van der Waals surface area contributed by atoms with Crippen LogP contribution in [0.15, 0.2) is 12.1 Å². The molecule has 1 aromatic rings. The van der Waals surface area contributed by atoms with Gasteiger partial charge in [-0.2, -0.15) is 0 Å². The molecule has 1 atom stereocenters. The molecule has 0 spiro atoms. The Bertz CT molecular complexity index is 419. The van der Waals surface area contributed by atoms with Crippen LogP contribution < -0.4 is 5.32 Å². The van der Waals surface area contributed by atoms with Gasteiger partial charge in [-0.3, -0.25) is 4.79 Å². The summed E-state index contributed by atoms with van der Waals surface area (Å²) in [5.74, 6) is -0.119. The summed E-state index contributed by atoms with van der Waals surface area (Å²) in [6.07, 6.45) is 0.722. The van der Waals surface area contributed by atoms with Crippen LogP contribution in [0.2, 0.25) is 0 Å². The van der Waals surface area contributed by atoms with E-state index in [0.29, 0.717) is 5.56 Å². The Hall–Kier alpha value is 0.840. The van der Waals surface area contributed by atoms with Crippen LogP contribution in [0.25, 0.3) is 0 Å². The summed E-state index contributed by atoms with van der Waals surface area (Å²) in [6.45, 7) is 1.91. The van der Waals surface area contributed by atoms with Crippen molar-refractivity contribution in [3.8, 4) is 0 Å². The molecule has 0 fully saturated rings. The molecule has 3 nitrogen and oxygen atoms in total. The van der Waals surface area contributed by atoms with Gasteiger partial charge in [-0.1, -0.05) is 6.92 Å². The van der Waals surface area contributed by atoms with E-state index in [0.717, 1.165) is 17.1 Å². The van der Waals surface area contributed by atoms with Crippen LogP contribution in [0, 0.1) is 10.7 Å². The highest BCUT2D eigenvalue weighted by Gasteiger charge is 2.16. The van der Waals surface area contributed by atoms with Crippen molar-refractivity contribution in [2.75, 3.05) is 6.61 Å². The van der Waals surface area contributed by atoms with Crippen molar-refractivity contribution >= 4 is 73.7 Å². The van der Waals surface area contributed by atoms with E-state index in [-0.39, 0.29) is 18.6 Å². The molecule has 0 bridgehead atoms. The molecule has 0 aromatic heterocycles. The summed E-state index contributed by atoms with van der Waals surface area (Å²) in [7, 11) is 0. The van der Waals surface area contributed by atoms with Crippen molar-refractivity contribution in [1.82, 2.24) is 5.32 Å². The van der Waals surface area contributed by atoms with E-state index in [1.54, 1.807) is 0 Å². The molecule has 2 N–H and O–H groups in total. The number of hydrogen-bond acceptors (Lipinski definition) is 2. The number of halogens is 3. The van der Waals surface area contributed by atoms with Crippen molar-refractivity contribution in [3.63, 3.8) is 0 Å². The molecule has 0 aliphatic heterocycles. The van der Waals surface area contributed by atoms with Crippen LogP contribution >= 0.6 is 67.8 Å². The van der Waals surface area contributed by atoms with Crippen LogP contribution in [-0.2, 0) is 0 Å². The minimum atomic E-state index is -0.172. The lowest BCUT2D eigenvalue weighted by molar-refractivity contribution is 0.0914. The number of carbonyl (C=O) groups is 1. The Morgan fingerprint density at radius 2 is 2.06 bits per heavy atom. The quantitative estimate of drug-likeness (QED) is 0.432. The van der Waals surface area contributed by atoms with Crippen molar-refractivity contribution in [2.45, 2.75) is 19.4 Å². The number of nitrogens with one attached hydrogen (secondary N) is 1. The van der Waals surface area contributed by atoms with E-state index in [4.69, 9.17) is 5.11 Å². The van der Waals surface area contributed by atoms with Gasteiger partial charge < -0.3 is 10.4 Å². The normalized spacial score (nSPS) is 12.3. The van der Waals surface area contributed by atoms with Crippen LogP contribution in [0.4, 0.5) is 0 Å². The third-order valence-corrected chi connectivity index (χ3v) is 5.95. The van der Waals surface area contributed by atoms with Gasteiger partial charge in [-0.15, -0.1) is 0 Å². The first kappa shape index (κ1) is 15.9. The number of hydrogen-bond donors (Lipinski definition) is 2. The summed E-state index contributed by atoms with van der Waals surface area (Å²) >= 11 is 6.59. The first-order valence-electron chi connectivity index (χ1n) is 5.05. The van der Waals surface area contributed by atoms with Gasteiger partial charge in [0, 0.05) is 10.7 Å². The standard InChI is InChI=1S/C11H12I3NO2/c1-2-7(5-16)15-11(17)8-3-6(12)4-9(13)10(8)14/h3-4,7,16H,2,5H2,1H3,(H,15,17). The molecule has 0 radical (unpaired) electrons. The molecule has 94 valence electrons. The first-order valence-corrected chi connectivity index (χ1v) is 8.29. The second kappa shape index (κ2) is 7.43. The van der Waals surface area contributed by atoms with Crippen molar-refractivity contribution < 1.29 is 9.90 Å². The third kappa shape index (κ3) is 4.46. The fourth-order valence-corrected chi connectivity index (χ4v) is 3.66. The Morgan fingerprint density at radius 3 is 2.59 bits per heavy atom. The zero-order chi connectivity index (χ0) is 13.0. The van der Waals surface area contributed by atoms with Gasteiger partial charge in [0.15, 0.2) is 0 Å². The lowest BCUT2D eigenvalue weighted by Gasteiger charge is -2.15. The van der Waals surface area contributed by atoms with E-state index >= 15 is 0 Å². The molecule has 0 aliphatic rings. The second-order valence-corrected chi connectivity index (χ2v) is 7.00. The lowest BCUT2D eigenvalue weighted by atomic mass is 10.2. The number of aliphatic hydroxyl groups excluding tert-OH is 1. The molecule has 0 saturated carbocycles. The summed E-state index contributed by atoms with van der Waals surface area (Å²) in [6, 6.07) is 3.72. The molecule has 0 aliphatic carbocycles. The Kier molecular flexibility index (Phi) is 6.95. The third-order valence-electron chi connectivity index (χ3n) is 2.29. The zero-order valence-corrected chi connectivity index (χ0v) is 15.6. The van der Waals surface area contributed by atoms with E-state index in [2.05, 4.69) is 73.1 Å². The second-order valence-electron chi connectivity index (χ2n) is 3.51. The number of aliphatic hydroxyl groups is 1. The predicted octanol–water partition coefficient (Wildman–Crippen LogP) is 3.00. The van der Waals surface area contributed by atoms with E-state index in [1.807, 2.05) is 19.1 Å². The molecular weight excluding hydrogens is 559 g/mol. The van der Waals surface area contributed by atoms with Crippen molar-refractivity contribution in [2.24, 2.45) is 0 Å². The predicted molar refractivity (Wildman–Crippen MR) is 93.2 cm³/mol. The fourth-order valence-electron chi connectivity index (χ4n) is 1.26. The maximum atomic E-state index is 12.1. The van der Waals surface area contributed by atoms with Gasteiger partial charge in [0.2, 0.25) is 0 Å². The smallest absolute Gasteiger partial charge is 0.252 e. The molecule has 1 aromatic carbocycles. The van der Waals surface area contributed by atoms with Gasteiger partial charge in [0.05, 0.1) is 18.2 Å². The van der Waals surface area contributed by atoms with Crippen LogP contribution in [0.3, 0.4) is 0 Å². The molecule has 17 heavy (non-hydrogen) atoms. The minimum absolute atomic E-state index is 0.0279. The fraction of sp³-hybridized carbons (Fsp3) is 0.364. The molecule has 1 rings (SSSR count). The topological polar surface area (TPSA) is 49.3 Å². The number of rotatable bonds is 4. The van der Waals surface area contributed by atoms with Gasteiger partial charge >= 0.3 is 0 Å². The maximum Gasteiger partial charge on any atom is 0.252 e. The Labute approximate surface area is 142 Å². The molecule has 6 heteroatoms. The highest BCUT2D eigenvalue weighted by Crippen LogP contribution is 2.22. The summed E-state index contributed by atoms with van der Waals surface area (Å²) in [5, 5.41) is 11.9. The summed E-state index contributed by atoms with van der Waals surface area (Å²) < 4.78 is 3.06. The zero-order valence-electron chi connectivity index (χ0n) is 9.14. The van der Waals surface area contributed by atoms with Crippen LogP contribution in [0.1, 0.15) is 23.7 Å². The van der Waals surface area contributed by atoms with Crippen molar-refractivity contribution in [3.05, 3.63) is 28.4 Å². The maximum absolute atomic E-state index is 12.1. The minimum Gasteiger partial charge on any atom is -0.394 e. The van der Waals surface area contributed by atoms with E-state index < -0.39 is 0 Å². The van der Waals surface area contributed by atoms with Gasteiger partial charge in [-0.05, 0) is 86.3 Å². The Morgan fingerprint density at radius 1 is 1.41 bits per heavy atom. The number of amides is 1. The van der Waals surface area contributed by atoms with Crippen molar-refractivity contribution in [1.29, 1.82) is 0 Å². The van der Waals surface area contributed by atoms with Gasteiger partial charge in [0.25, 0.3) is 5.91 Å². The molecule has 1 amide bonds. The number of benzene rings is 1. The van der Waals surface area contributed by atoms with Crippen LogP contribution in [0.5, 0.6) is 0 Å². The Balaban J connectivity index is 2.96. The van der Waals surface area contributed by atoms with Crippen LogP contribution in [-0.4, -0.2) is 23.7 Å². The van der Waals surface area contributed by atoms with E-state index in [1.165, 1.54) is 0 Å². The lowest BCUT2D eigenvalue weighted by Crippen LogP contribution is -2.37. The number of carbonyl (C=O) groups excluding carboxylic acids is 1. The highest BCUT2D eigenvalue weighted by atomic mass is 127. The largest absolute Gasteiger partial charge is 0.394 e. The molecule has 0 heterocycles. The molecule has 0 saturated heterocycles. The van der Waals surface area contributed by atoms with Gasteiger partial charge in [-0.25, -0.2) is 0 Å². The van der Waals surface area contributed by atoms with Gasteiger partial charge in [0.1, 0.15) is 0 Å². The average molecular weight is 571 g/mol. The van der Waals surface area contributed by atoms with E-state index in [9.17, 15) is 4.79 Å². The molecular formula is C11H12I3NO2. The monoisotopic (exact) mass is 571 g/mol.